The second-order valence-electron chi connectivity index (χ2n) is 6.00. The van der Waals surface area contributed by atoms with Crippen molar-refractivity contribution < 1.29 is 14.6 Å². The molecule has 2 rings (SSSR count). The average molecular weight is 277 g/mol. The third-order valence-electron chi connectivity index (χ3n) is 3.65. The van der Waals surface area contributed by atoms with Crippen molar-refractivity contribution in [2.75, 3.05) is 0 Å². The normalized spacial score (nSPS) is 21.6. The third kappa shape index (κ3) is 3.31. The van der Waals surface area contributed by atoms with Crippen LogP contribution in [0, 0.1) is 0 Å². The molecular formula is C16H23NO3. The number of rotatable bonds is 5. The highest BCUT2D eigenvalue weighted by molar-refractivity contribution is 5.73. The lowest BCUT2D eigenvalue weighted by Crippen LogP contribution is -2.45. The van der Waals surface area contributed by atoms with Crippen LogP contribution in [0.4, 0.5) is 0 Å². The zero-order valence-corrected chi connectivity index (χ0v) is 12.3. The summed E-state index contributed by atoms with van der Waals surface area (Å²) in [5.41, 5.74) is 0.760. The molecule has 1 aliphatic rings. The zero-order valence-electron chi connectivity index (χ0n) is 12.3. The van der Waals surface area contributed by atoms with Crippen molar-refractivity contribution in [3.05, 3.63) is 29.8 Å². The van der Waals surface area contributed by atoms with Gasteiger partial charge >= 0.3 is 5.97 Å². The van der Waals surface area contributed by atoms with E-state index in [0.717, 1.165) is 24.2 Å². The van der Waals surface area contributed by atoms with E-state index in [2.05, 4.69) is 5.32 Å². The number of hydrogen-bond donors (Lipinski definition) is 2. The van der Waals surface area contributed by atoms with Crippen molar-refractivity contribution in [1.82, 2.24) is 5.32 Å². The smallest absolute Gasteiger partial charge is 0.320 e. The Labute approximate surface area is 120 Å². The van der Waals surface area contributed by atoms with Crippen LogP contribution in [0.2, 0.25) is 0 Å². The number of carboxylic acids is 1. The topological polar surface area (TPSA) is 58.6 Å². The monoisotopic (exact) mass is 277 g/mol. The van der Waals surface area contributed by atoms with Crippen LogP contribution in [0.1, 0.15) is 51.6 Å². The van der Waals surface area contributed by atoms with Crippen LogP contribution in [-0.4, -0.2) is 22.7 Å². The van der Waals surface area contributed by atoms with E-state index in [1.54, 1.807) is 0 Å². The van der Waals surface area contributed by atoms with Crippen LogP contribution in [0.3, 0.4) is 0 Å². The average Bonchev–Trinajstić information content (AvgIpc) is 2.36. The fourth-order valence-corrected chi connectivity index (χ4v) is 2.76. The van der Waals surface area contributed by atoms with Crippen molar-refractivity contribution in [3.8, 4) is 5.75 Å². The van der Waals surface area contributed by atoms with Gasteiger partial charge in [0.15, 0.2) is 0 Å². The van der Waals surface area contributed by atoms with Gasteiger partial charge in [0.1, 0.15) is 17.4 Å². The van der Waals surface area contributed by atoms with Gasteiger partial charge in [0, 0.05) is 18.0 Å². The lowest BCUT2D eigenvalue weighted by atomic mass is 9.89. The SMILES string of the molecule is CCCC(NC1CC(C)(C)Oc2ccccc21)C(=O)O. The molecule has 0 saturated carbocycles. The number of carbonyl (C=O) groups is 1. The summed E-state index contributed by atoms with van der Waals surface area (Å²) in [5, 5.41) is 12.6. The van der Waals surface area contributed by atoms with Gasteiger partial charge in [-0.3, -0.25) is 10.1 Å². The van der Waals surface area contributed by atoms with Gasteiger partial charge in [-0.2, -0.15) is 0 Å². The minimum absolute atomic E-state index is 0.0163. The second-order valence-corrected chi connectivity index (χ2v) is 6.00. The van der Waals surface area contributed by atoms with E-state index in [0.29, 0.717) is 6.42 Å². The molecule has 20 heavy (non-hydrogen) atoms. The number of nitrogens with one attached hydrogen (secondary N) is 1. The van der Waals surface area contributed by atoms with Gasteiger partial charge < -0.3 is 9.84 Å². The van der Waals surface area contributed by atoms with Gasteiger partial charge in [0.25, 0.3) is 0 Å². The Bertz CT molecular complexity index is 484. The summed E-state index contributed by atoms with van der Waals surface area (Å²) in [5.74, 6) is 0.0653. The summed E-state index contributed by atoms with van der Waals surface area (Å²) in [4.78, 5) is 11.3. The molecule has 0 fully saturated rings. The summed E-state index contributed by atoms with van der Waals surface area (Å²) >= 11 is 0. The highest BCUT2D eigenvalue weighted by atomic mass is 16.5. The second kappa shape index (κ2) is 5.83. The first-order valence-electron chi connectivity index (χ1n) is 7.20. The predicted octanol–water partition coefficient (Wildman–Crippen LogP) is 3.13. The Morgan fingerprint density at radius 3 is 2.85 bits per heavy atom. The molecule has 0 amide bonds. The number of ether oxygens (including phenoxy) is 1. The Hall–Kier alpha value is -1.55. The summed E-state index contributed by atoms with van der Waals surface area (Å²) in [6.45, 7) is 6.07. The maximum absolute atomic E-state index is 11.3. The first-order valence-corrected chi connectivity index (χ1v) is 7.20. The van der Waals surface area contributed by atoms with Crippen LogP contribution >= 0.6 is 0 Å². The minimum atomic E-state index is -0.784. The molecule has 2 N–H and O–H groups in total. The number of para-hydroxylation sites is 1. The lowest BCUT2D eigenvalue weighted by Gasteiger charge is -2.39. The molecule has 1 aromatic rings. The molecule has 2 atom stereocenters. The number of aliphatic carboxylic acids is 1. The number of fused-ring (bicyclic) bond motifs is 1. The van der Waals surface area contributed by atoms with Gasteiger partial charge in [0.05, 0.1) is 0 Å². The predicted molar refractivity (Wildman–Crippen MR) is 78.0 cm³/mol. The maximum Gasteiger partial charge on any atom is 0.320 e. The number of hydrogen-bond acceptors (Lipinski definition) is 3. The molecule has 1 aliphatic heterocycles. The highest BCUT2D eigenvalue weighted by Gasteiger charge is 2.35. The molecule has 1 aromatic carbocycles. The van der Waals surface area contributed by atoms with Crippen LogP contribution in [-0.2, 0) is 4.79 Å². The molecule has 0 bridgehead atoms. The Balaban J connectivity index is 2.24. The summed E-state index contributed by atoms with van der Waals surface area (Å²) in [6.07, 6.45) is 2.24. The number of carboxylic acid groups (broad SMARTS) is 1. The van der Waals surface area contributed by atoms with Crippen LogP contribution in [0.25, 0.3) is 0 Å². The molecule has 0 spiro atoms. The van der Waals surface area contributed by atoms with Crippen LogP contribution in [0.5, 0.6) is 5.75 Å². The molecule has 2 unspecified atom stereocenters. The first kappa shape index (κ1) is 14.9. The van der Waals surface area contributed by atoms with Crippen molar-refractivity contribution in [1.29, 1.82) is 0 Å². The van der Waals surface area contributed by atoms with Gasteiger partial charge in [-0.15, -0.1) is 0 Å². The van der Waals surface area contributed by atoms with Gasteiger partial charge in [-0.1, -0.05) is 31.5 Å². The Kier molecular flexibility index (Phi) is 4.33. The van der Waals surface area contributed by atoms with Gasteiger partial charge in [-0.05, 0) is 26.3 Å². The van der Waals surface area contributed by atoms with Crippen LogP contribution in [0.15, 0.2) is 24.3 Å². The van der Waals surface area contributed by atoms with E-state index < -0.39 is 12.0 Å². The quantitative estimate of drug-likeness (QED) is 0.868. The first-order chi connectivity index (χ1) is 9.43. The van der Waals surface area contributed by atoms with Gasteiger partial charge in [0.2, 0.25) is 0 Å². The molecule has 0 radical (unpaired) electrons. The molecule has 0 aromatic heterocycles. The fourth-order valence-electron chi connectivity index (χ4n) is 2.76. The molecule has 110 valence electrons. The van der Waals surface area contributed by atoms with E-state index in [-0.39, 0.29) is 11.6 Å². The van der Waals surface area contributed by atoms with Crippen molar-refractivity contribution >= 4 is 5.97 Å². The van der Waals surface area contributed by atoms with Gasteiger partial charge in [-0.25, -0.2) is 0 Å². The zero-order chi connectivity index (χ0) is 14.8. The van der Waals surface area contributed by atoms with E-state index in [1.807, 2.05) is 45.0 Å². The van der Waals surface area contributed by atoms with Crippen molar-refractivity contribution in [3.63, 3.8) is 0 Å². The molecule has 4 nitrogen and oxygen atoms in total. The standard InChI is InChI=1S/C16H23NO3/c1-4-7-12(15(18)19)17-13-10-16(2,3)20-14-9-6-5-8-11(13)14/h5-6,8-9,12-13,17H,4,7,10H2,1-3H3,(H,18,19). The highest BCUT2D eigenvalue weighted by Crippen LogP contribution is 2.39. The molecule has 0 saturated heterocycles. The molecular weight excluding hydrogens is 254 g/mol. The third-order valence-corrected chi connectivity index (χ3v) is 3.65. The van der Waals surface area contributed by atoms with E-state index in [1.165, 1.54) is 0 Å². The summed E-state index contributed by atoms with van der Waals surface area (Å²) in [7, 11) is 0. The molecule has 4 heteroatoms. The molecule has 1 heterocycles. The molecule has 0 aliphatic carbocycles. The summed E-state index contributed by atoms with van der Waals surface area (Å²) in [6, 6.07) is 7.37. The Morgan fingerprint density at radius 1 is 1.50 bits per heavy atom. The van der Waals surface area contributed by atoms with Crippen LogP contribution < -0.4 is 10.1 Å². The number of benzene rings is 1. The lowest BCUT2D eigenvalue weighted by molar-refractivity contribution is -0.140. The van der Waals surface area contributed by atoms with E-state index >= 15 is 0 Å². The largest absolute Gasteiger partial charge is 0.487 e. The fraction of sp³-hybridized carbons (Fsp3) is 0.562. The minimum Gasteiger partial charge on any atom is -0.487 e. The Morgan fingerprint density at radius 2 is 2.20 bits per heavy atom. The van der Waals surface area contributed by atoms with E-state index in [9.17, 15) is 9.90 Å². The van der Waals surface area contributed by atoms with Crippen molar-refractivity contribution in [2.45, 2.75) is 57.7 Å². The van der Waals surface area contributed by atoms with Crippen molar-refractivity contribution in [2.24, 2.45) is 0 Å². The summed E-state index contributed by atoms with van der Waals surface area (Å²) < 4.78 is 5.96. The maximum atomic E-state index is 11.3. The van der Waals surface area contributed by atoms with E-state index in [4.69, 9.17) is 4.74 Å².